The van der Waals surface area contributed by atoms with Crippen molar-refractivity contribution in [2.75, 3.05) is 4.90 Å². The van der Waals surface area contributed by atoms with Gasteiger partial charge in [0, 0.05) is 23.5 Å². The molecule has 2 heterocycles. The van der Waals surface area contributed by atoms with Crippen LogP contribution in [0.2, 0.25) is 0 Å². The van der Waals surface area contributed by atoms with E-state index in [4.69, 9.17) is 4.98 Å². The topological polar surface area (TPSA) is 29.0 Å². The van der Waals surface area contributed by atoms with Gasteiger partial charge in [-0.1, -0.05) is 65.9 Å². The Hall–Kier alpha value is -2.98. The fourth-order valence-electron chi connectivity index (χ4n) is 7.19. The lowest BCUT2D eigenvalue weighted by Gasteiger charge is -2.57. The molecule has 4 heteroatoms. The SMILES string of the molecule is c1ccc(-c2nc(-c3ccccn3)sc2N(c2ccccc2)C2C3CC4CC(C3)CC2C4)cc1. The largest absolute Gasteiger partial charge is 0.328 e. The lowest BCUT2D eigenvalue weighted by Crippen LogP contribution is -2.54. The van der Waals surface area contributed by atoms with Crippen molar-refractivity contribution in [2.45, 2.75) is 38.1 Å². The molecule has 4 aliphatic rings. The lowest BCUT2D eigenvalue weighted by atomic mass is 9.54. The highest BCUT2D eigenvalue weighted by Gasteiger charge is 2.51. The van der Waals surface area contributed by atoms with Gasteiger partial charge in [0.1, 0.15) is 15.7 Å². The Balaban J connectivity index is 1.42. The first-order valence-corrected chi connectivity index (χ1v) is 13.5. The van der Waals surface area contributed by atoms with Crippen molar-refractivity contribution in [1.82, 2.24) is 9.97 Å². The fraction of sp³-hybridized carbons (Fsp3) is 0.333. The molecule has 0 amide bonds. The summed E-state index contributed by atoms with van der Waals surface area (Å²) >= 11 is 1.81. The molecule has 0 radical (unpaired) electrons. The predicted octanol–water partition coefficient (Wildman–Crippen LogP) is 7.83. The number of benzene rings is 2. The molecule has 0 N–H and O–H groups in total. The second-order valence-corrected chi connectivity index (χ2v) is 11.4. The van der Waals surface area contributed by atoms with Crippen molar-refractivity contribution < 1.29 is 0 Å². The summed E-state index contributed by atoms with van der Waals surface area (Å²) < 4.78 is 0. The van der Waals surface area contributed by atoms with Crippen molar-refractivity contribution in [3.8, 4) is 22.0 Å². The molecular weight excluding hydrogens is 434 g/mol. The van der Waals surface area contributed by atoms with Crippen molar-refractivity contribution in [3.05, 3.63) is 85.1 Å². The van der Waals surface area contributed by atoms with E-state index < -0.39 is 0 Å². The average Bonchev–Trinajstić information content (AvgIpc) is 3.32. The minimum atomic E-state index is 0.551. The number of rotatable bonds is 5. The summed E-state index contributed by atoms with van der Waals surface area (Å²) in [5.74, 6) is 3.46. The first-order valence-electron chi connectivity index (χ1n) is 12.7. The Morgan fingerprint density at radius 1 is 0.706 bits per heavy atom. The Labute approximate surface area is 205 Å². The average molecular weight is 464 g/mol. The highest BCUT2D eigenvalue weighted by atomic mass is 32.1. The molecule has 2 aromatic carbocycles. The summed E-state index contributed by atoms with van der Waals surface area (Å²) in [4.78, 5) is 12.6. The summed E-state index contributed by atoms with van der Waals surface area (Å²) in [6.07, 6.45) is 8.93. The number of thiazole rings is 1. The van der Waals surface area contributed by atoms with Crippen LogP contribution in [-0.2, 0) is 0 Å². The lowest BCUT2D eigenvalue weighted by molar-refractivity contribution is 0.000706. The van der Waals surface area contributed by atoms with E-state index >= 15 is 0 Å². The normalized spacial score (nSPS) is 27.1. The molecule has 0 spiro atoms. The van der Waals surface area contributed by atoms with Crippen molar-refractivity contribution >= 4 is 22.0 Å². The standard InChI is InChI=1S/C30H29N3S/c1-3-9-22(10-4-1)27-30(34-29(32-27)26-13-7-8-14-31-26)33(25-11-5-2-6-12-25)28-23-16-20-15-21(18-23)19-24(28)17-20/h1-14,20-21,23-24,28H,15-19H2. The second kappa shape index (κ2) is 8.35. The zero-order chi connectivity index (χ0) is 22.5. The van der Waals surface area contributed by atoms with Crippen LogP contribution in [0.1, 0.15) is 32.1 Å². The molecule has 0 atom stereocenters. The quantitative estimate of drug-likeness (QED) is 0.302. The Morgan fingerprint density at radius 3 is 2.00 bits per heavy atom. The molecule has 34 heavy (non-hydrogen) atoms. The van der Waals surface area contributed by atoms with Crippen LogP contribution < -0.4 is 4.90 Å². The zero-order valence-electron chi connectivity index (χ0n) is 19.3. The van der Waals surface area contributed by atoms with E-state index in [9.17, 15) is 0 Å². The molecule has 0 unspecified atom stereocenters. The van der Waals surface area contributed by atoms with Gasteiger partial charge in [-0.05, 0) is 80.0 Å². The van der Waals surface area contributed by atoms with Crippen LogP contribution in [0.4, 0.5) is 10.7 Å². The van der Waals surface area contributed by atoms with E-state index in [2.05, 4.69) is 82.7 Å². The van der Waals surface area contributed by atoms with Crippen LogP contribution >= 0.6 is 11.3 Å². The number of hydrogen-bond acceptors (Lipinski definition) is 4. The predicted molar refractivity (Wildman–Crippen MR) is 140 cm³/mol. The summed E-state index contributed by atoms with van der Waals surface area (Å²) in [6.45, 7) is 0. The Morgan fingerprint density at radius 2 is 1.35 bits per heavy atom. The maximum Gasteiger partial charge on any atom is 0.144 e. The number of pyridine rings is 1. The molecule has 4 aliphatic carbocycles. The van der Waals surface area contributed by atoms with Gasteiger partial charge in [0.2, 0.25) is 0 Å². The highest BCUT2D eigenvalue weighted by Crippen LogP contribution is 2.58. The number of hydrogen-bond donors (Lipinski definition) is 0. The van der Waals surface area contributed by atoms with Gasteiger partial charge in [0.25, 0.3) is 0 Å². The van der Waals surface area contributed by atoms with Crippen LogP contribution in [0, 0.1) is 23.7 Å². The van der Waals surface area contributed by atoms with Crippen molar-refractivity contribution in [3.63, 3.8) is 0 Å². The van der Waals surface area contributed by atoms with Gasteiger partial charge in [-0.15, -0.1) is 0 Å². The monoisotopic (exact) mass is 463 g/mol. The molecule has 4 fully saturated rings. The molecule has 3 nitrogen and oxygen atoms in total. The summed E-state index contributed by atoms with van der Waals surface area (Å²) in [7, 11) is 0. The molecular formula is C30H29N3S. The third-order valence-electron chi connectivity index (χ3n) is 8.27. The van der Waals surface area contributed by atoms with Gasteiger partial charge in [-0.3, -0.25) is 4.98 Å². The molecule has 4 aromatic rings. The number of nitrogens with zero attached hydrogens (tertiary/aromatic N) is 3. The first-order chi connectivity index (χ1) is 16.8. The zero-order valence-corrected chi connectivity index (χ0v) is 20.1. The van der Waals surface area contributed by atoms with Crippen LogP contribution in [0.3, 0.4) is 0 Å². The second-order valence-electron chi connectivity index (χ2n) is 10.4. The maximum atomic E-state index is 5.22. The maximum absolute atomic E-state index is 5.22. The van der Waals surface area contributed by atoms with Crippen LogP contribution in [0.5, 0.6) is 0 Å². The van der Waals surface area contributed by atoms with E-state index in [0.717, 1.165) is 40.1 Å². The van der Waals surface area contributed by atoms with Gasteiger partial charge >= 0.3 is 0 Å². The van der Waals surface area contributed by atoms with Gasteiger partial charge < -0.3 is 4.90 Å². The number of aromatic nitrogens is 2. The molecule has 0 saturated heterocycles. The van der Waals surface area contributed by atoms with E-state index in [1.54, 1.807) is 0 Å². The van der Waals surface area contributed by atoms with Crippen molar-refractivity contribution in [2.24, 2.45) is 23.7 Å². The molecule has 4 saturated carbocycles. The van der Waals surface area contributed by atoms with Crippen LogP contribution in [0.25, 0.3) is 22.0 Å². The summed E-state index contributed by atoms with van der Waals surface area (Å²) in [5, 5.41) is 2.27. The highest BCUT2D eigenvalue weighted by molar-refractivity contribution is 7.19. The number of para-hydroxylation sites is 1. The Kier molecular flexibility index (Phi) is 5.01. The van der Waals surface area contributed by atoms with Crippen molar-refractivity contribution in [1.29, 1.82) is 0 Å². The molecule has 0 aliphatic heterocycles. The van der Waals surface area contributed by atoms with Gasteiger partial charge in [0.05, 0.1) is 5.69 Å². The van der Waals surface area contributed by atoms with Crippen LogP contribution in [0.15, 0.2) is 85.1 Å². The van der Waals surface area contributed by atoms with Crippen LogP contribution in [-0.4, -0.2) is 16.0 Å². The third-order valence-corrected chi connectivity index (χ3v) is 9.35. The summed E-state index contributed by atoms with van der Waals surface area (Å²) in [6, 6.07) is 28.4. The van der Waals surface area contributed by atoms with Gasteiger partial charge in [0.15, 0.2) is 0 Å². The molecule has 8 rings (SSSR count). The smallest absolute Gasteiger partial charge is 0.144 e. The van der Waals surface area contributed by atoms with E-state index in [1.807, 2.05) is 23.6 Å². The van der Waals surface area contributed by atoms with Gasteiger partial charge in [-0.2, -0.15) is 0 Å². The fourth-order valence-corrected chi connectivity index (χ4v) is 8.32. The van der Waals surface area contributed by atoms with Gasteiger partial charge in [-0.25, -0.2) is 4.98 Å². The number of anilines is 2. The molecule has 4 bridgehead atoms. The summed E-state index contributed by atoms with van der Waals surface area (Å²) in [5.41, 5.74) is 4.52. The molecule has 2 aromatic heterocycles. The molecule has 170 valence electrons. The first kappa shape index (κ1) is 20.4. The van der Waals surface area contributed by atoms with E-state index in [-0.39, 0.29) is 0 Å². The third kappa shape index (κ3) is 3.47. The van der Waals surface area contributed by atoms with E-state index in [1.165, 1.54) is 48.4 Å². The minimum absolute atomic E-state index is 0.551. The minimum Gasteiger partial charge on any atom is -0.328 e. The Bertz CT molecular complexity index is 1240. The van der Waals surface area contributed by atoms with E-state index in [0.29, 0.717) is 6.04 Å².